The number of nitrogens with zero attached hydrogens (tertiary/aromatic N) is 1. The number of aryl methyl sites for hydroxylation is 1. The van der Waals surface area contributed by atoms with Crippen LogP contribution in [0.25, 0.3) is 54.5 Å². The van der Waals surface area contributed by atoms with E-state index in [2.05, 4.69) is 104 Å². The van der Waals surface area contributed by atoms with Crippen LogP contribution in [0.3, 0.4) is 0 Å². The van der Waals surface area contributed by atoms with E-state index < -0.39 is 0 Å². The highest BCUT2D eigenvalue weighted by Gasteiger charge is 2.14. The molecule has 6 aromatic rings. The molecular formula is C28H19N. The number of pyridine rings is 1. The van der Waals surface area contributed by atoms with E-state index in [1.165, 1.54) is 49.0 Å². The van der Waals surface area contributed by atoms with Gasteiger partial charge in [-0.25, -0.2) is 4.98 Å². The summed E-state index contributed by atoms with van der Waals surface area (Å²) >= 11 is 0. The third-order valence-corrected chi connectivity index (χ3v) is 5.86. The summed E-state index contributed by atoms with van der Waals surface area (Å²) in [6, 6.07) is 34.9. The van der Waals surface area contributed by atoms with Crippen LogP contribution >= 0.6 is 0 Å². The molecule has 0 N–H and O–H groups in total. The van der Waals surface area contributed by atoms with Gasteiger partial charge in [0.2, 0.25) is 0 Å². The maximum atomic E-state index is 5.12. The molecule has 0 aliphatic heterocycles. The monoisotopic (exact) mass is 369 g/mol. The molecule has 0 radical (unpaired) electrons. The molecule has 6 rings (SSSR count). The Kier molecular flexibility index (Phi) is 3.45. The fraction of sp³-hybridized carbons (Fsp3) is 0.0357. The van der Waals surface area contributed by atoms with Gasteiger partial charge in [0.25, 0.3) is 0 Å². The quantitative estimate of drug-likeness (QED) is 0.214. The summed E-state index contributed by atoms with van der Waals surface area (Å²) in [6.45, 7) is 2.13. The SMILES string of the molecule is Cc1ccc2c(-c3ccc4ccccc4c3)c3ccc4ccccc4c3nc2c1. The first-order valence-corrected chi connectivity index (χ1v) is 9.99. The molecule has 0 saturated heterocycles. The molecule has 0 bridgehead atoms. The van der Waals surface area contributed by atoms with Crippen molar-refractivity contribution in [2.24, 2.45) is 0 Å². The normalized spacial score (nSPS) is 11.6. The summed E-state index contributed by atoms with van der Waals surface area (Å²) < 4.78 is 0. The van der Waals surface area contributed by atoms with Crippen molar-refractivity contribution in [2.75, 3.05) is 0 Å². The van der Waals surface area contributed by atoms with Crippen molar-refractivity contribution >= 4 is 43.4 Å². The predicted octanol–water partition coefficient (Wildman–Crippen LogP) is 7.67. The molecule has 1 heterocycles. The molecule has 136 valence electrons. The average molecular weight is 369 g/mol. The maximum Gasteiger partial charge on any atom is 0.0794 e. The lowest BCUT2D eigenvalue weighted by Gasteiger charge is -2.14. The van der Waals surface area contributed by atoms with Crippen molar-refractivity contribution in [3.8, 4) is 11.1 Å². The van der Waals surface area contributed by atoms with Gasteiger partial charge in [-0.1, -0.05) is 84.9 Å². The third-order valence-electron chi connectivity index (χ3n) is 5.86. The van der Waals surface area contributed by atoms with Crippen molar-refractivity contribution in [2.45, 2.75) is 6.92 Å². The van der Waals surface area contributed by atoms with E-state index >= 15 is 0 Å². The van der Waals surface area contributed by atoms with Crippen molar-refractivity contribution in [3.63, 3.8) is 0 Å². The minimum atomic E-state index is 1.05. The first-order valence-electron chi connectivity index (χ1n) is 9.99. The minimum Gasteiger partial charge on any atom is -0.247 e. The molecule has 0 amide bonds. The van der Waals surface area contributed by atoms with Gasteiger partial charge in [0.05, 0.1) is 11.0 Å². The van der Waals surface area contributed by atoms with Crippen LogP contribution in [0.2, 0.25) is 0 Å². The Labute approximate surface area is 169 Å². The second kappa shape index (κ2) is 6.15. The Bertz CT molecular complexity index is 1560. The molecule has 0 aliphatic carbocycles. The van der Waals surface area contributed by atoms with Crippen LogP contribution in [0, 0.1) is 6.92 Å². The highest BCUT2D eigenvalue weighted by Crippen LogP contribution is 2.38. The molecule has 0 saturated carbocycles. The zero-order valence-electron chi connectivity index (χ0n) is 16.2. The van der Waals surface area contributed by atoms with Crippen LogP contribution in [-0.4, -0.2) is 4.98 Å². The van der Waals surface area contributed by atoms with Crippen LogP contribution in [0.1, 0.15) is 5.56 Å². The number of aromatic nitrogens is 1. The van der Waals surface area contributed by atoms with E-state index in [0.717, 1.165) is 11.0 Å². The van der Waals surface area contributed by atoms with Crippen molar-refractivity contribution in [1.29, 1.82) is 0 Å². The summed E-state index contributed by atoms with van der Waals surface area (Å²) in [7, 11) is 0. The second-order valence-corrected chi connectivity index (χ2v) is 7.75. The van der Waals surface area contributed by atoms with E-state index in [0.29, 0.717) is 0 Å². The number of hydrogen-bond donors (Lipinski definition) is 0. The Hall–Kier alpha value is -3.71. The Morgan fingerprint density at radius 1 is 0.552 bits per heavy atom. The van der Waals surface area contributed by atoms with E-state index in [4.69, 9.17) is 4.98 Å². The van der Waals surface area contributed by atoms with Crippen molar-refractivity contribution in [1.82, 2.24) is 4.98 Å². The van der Waals surface area contributed by atoms with Gasteiger partial charge in [-0.05, 0) is 46.3 Å². The minimum absolute atomic E-state index is 1.05. The molecular weight excluding hydrogens is 350 g/mol. The van der Waals surface area contributed by atoms with Gasteiger partial charge < -0.3 is 0 Å². The van der Waals surface area contributed by atoms with Crippen LogP contribution in [0.5, 0.6) is 0 Å². The Balaban J connectivity index is 1.81. The second-order valence-electron chi connectivity index (χ2n) is 7.75. The van der Waals surface area contributed by atoms with E-state index in [-0.39, 0.29) is 0 Å². The van der Waals surface area contributed by atoms with E-state index in [1.54, 1.807) is 0 Å². The van der Waals surface area contributed by atoms with Gasteiger partial charge in [-0.3, -0.25) is 0 Å². The van der Waals surface area contributed by atoms with E-state index in [1.807, 2.05) is 0 Å². The van der Waals surface area contributed by atoms with Gasteiger partial charge in [-0.15, -0.1) is 0 Å². The lowest BCUT2D eigenvalue weighted by molar-refractivity contribution is 1.45. The third kappa shape index (κ3) is 2.51. The number of rotatable bonds is 1. The van der Waals surface area contributed by atoms with Crippen LogP contribution in [0.15, 0.2) is 97.1 Å². The zero-order chi connectivity index (χ0) is 19.4. The summed E-state index contributed by atoms with van der Waals surface area (Å²) in [5, 5.41) is 7.36. The zero-order valence-corrected chi connectivity index (χ0v) is 16.2. The Morgan fingerprint density at radius 2 is 1.28 bits per heavy atom. The number of fused-ring (bicyclic) bond motifs is 5. The van der Waals surface area contributed by atoms with Crippen LogP contribution in [0.4, 0.5) is 0 Å². The van der Waals surface area contributed by atoms with Gasteiger partial charge in [0.15, 0.2) is 0 Å². The number of benzene rings is 5. The molecule has 1 heteroatoms. The molecule has 1 nitrogen and oxygen atoms in total. The first-order chi connectivity index (χ1) is 14.3. The van der Waals surface area contributed by atoms with Crippen LogP contribution < -0.4 is 0 Å². The van der Waals surface area contributed by atoms with Gasteiger partial charge in [-0.2, -0.15) is 0 Å². The fourth-order valence-corrected chi connectivity index (χ4v) is 4.44. The van der Waals surface area contributed by atoms with E-state index in [9.17, 15) is 0 Å². The molecule has 0 fully saturated rings. The highest BCUT2D eigenvalue weighted by molar-refractivity contribution is 6.17. The number of hydrogen-bond acceptors (Lipinski definition) is 1. The molecule has 0 aliphatic rings. The molecule has 0 unspecified atom stereocenters. The fourth-order valence-electron chi connectivity index (χ4n) is 4.44. The Morgan fingerprint density at radius 3 is 2.17 bits per heavy atom. The predicted molar refractivity (Wildman–Crippen MR) is 124 cm³/mol. The molecule has 1 aromatic heterocycles. The van der Waals surface area contributed by atoms with Gasteiger partial charge in [0.1, 0.15) is 0 Å². The smallest absolute Gasteiger partial charge is 0.0794 e. The summed E-state index contributed by atoms with van der Waals surface area (Å²) in [6.07, 6.45) is 0. The average Bonchev–Trinajstić information content (AvgIpc) is 2.77. The summed E-state index contributed by atoms with van der Waals surface area (Å²) in [4.78, 5) is 5.12. The molecule has 0 spiro atoms. The first kappa shape index (κ1) is 16.3. The largest absolute Gasteiger partial charge is 0.247 e. The van der Waals surface area contributed by atoms with Crippen LogP contribution in [-0.2, 0) is 0 Å². The maximum absolute atomic E-state index is 5.12. The topological polar surface area (TPSA) is 12.9 Å². The molecule has 5 aromatic carbocycles. The molecule has 0 atom stereocenters. The summed E-state index contributed by atoms with van der Waals surface area (Å²) in [5.41, 5.74) is 5.86. The standard InChI is InChI=1S/C28H19N/c1-18-10-14-24-26(16-18)29-28-23-9-5-4-7-20(23)13-15-25(28)27(24)22-12-11-19-6-2-3-8-21(19)17-22/h2-17H,1H3. The lowest BCUT2D eigenvalue weighted by Crippen LogP contribution is -1.91. The van der Waals surface area contributed by atoms with Crippen molar-refractivity contribution < 1.29 is 0 Å². The molecule has 29 heavy (non-hydrogen) atoms. The van der Waals surface area contributed by atoms with Crippen molar-refractivity contribution in [3.05, 3.63) is 103 Å². The van der Waals surface area contributed by atoms with Gasteiger partial charge >= 0.3 is 0 Å². The lowest BCUT2D eigenvalue weighted by atomic mass is 9.92. The van der Waals surface area contributed by atoms with Gasteiger partial charge in [0, 0.05) is 21.7 Å². The highest BCUT2D eigenvalue weighted by atomic mass is 14.7. The summed E-state index contributed by atoms with van der Waals surface area (Å²) in [5.74, 6) is 0.